The van der Waals surface area contributed by atoms with Crippen LogP contribution in [0.4, 0.5) is 5.69 Å². The van der Waals surface area contributed by atoms with Crippen LogP contribution in [0.25, 0.3) is 5.69 Å². The number of benzene rings is 2. The highest BCUT2D eigenvalue weighted by Crippen LogP contribution is 2.24. The number of carbonyl (C=O) groups is 1. The highest BCUT2D eigenvalue weighted by molar-refractivity contribution is 7.99. The van der Waals surface area contributed by atoms with Gasteiger partial charge in [0.25, 0.3) is 0 Å². The third-order valence-electron chi connectivity index (χ3n) is 4.11. The lowest BCUT2D eigenvalue weighted by Gasteiger charge is -2.12. The minimum atomic E-state index is -0.0481. The second-order valence-electron chi connectivity index (χ2n) is 6.03. The first-order chi connectivity index (χ1) is 12.6. The molecule has 0 atom stereocenters. The lowest BCUT2D eigenvalue weighted by molar-refractivity contribution is -0.113. The number of para-hydroxylation sites is 2. The molecule has 0 radical (unpaired) electrons. The first-order valence-corrected chi connectivity index (χ1v) is 9.57. The Morgan fingerprint density at radius 2 is 1.73 bits per heavy atom. The average molecular weight is 366 g/mol. The number of nitrogens with zero attached hydrogens (tertiary/aromatic N) is 3. The number of carbonyl (C=O) groups excluding carboxylic acids is 1. The van der Waals surface area contributed by atoms with Crippen LogP contribution in [0.1, 0.15) is 23.9 Å². The van der Waals surface area contributed by atoms with Gasteiger partial charge in [0.2, 0.25) is 5.91 Å². The van der Waals surface area contributed by atoms with Gasteiger partial charge in [-0.3, -0.25) is 9.36 Å². The zero-order chi connectivity index (χ0) is 18.5. The topological polar surface area (TPSA) is 59.8 Å². The van der Waals surface area contributed by atoms with Gasteiger partial charge in [0.1, 0.15) is 5.82 Å². The van der Waals surface area contributed by atoms with Crippen molar-refractivity contribution in [2.24, 2.45) is 0 Å². The van der Waals surface area contributed by atoms with Crippen molar-refractivity contribution < 1.29 is 4.79 Å². The Kier molecular flexibility index (Phi) is 5.73. The zero-order valence-electron chi connectivity index (χ0n) is 15.2. The molecule has 0 bridgehead atoms. The third kappa shape index (κ3) is 3.96. The highest BCUT2D eigenvalue weighted by atomic mass is 32.2. The molecule has 0 aliphatic rings. The number of aromatic nitrogens is 3. The van der Waals surface area contributed by atoms with Gasteiger partial charge in [-0.15, -0.1) is 10.2 Å². The van der Waals surface area contributed by atoms with Crippen LogP contribution in [0.3, 0.4) is 0 Å². The molecule has 2 aromatic carbocycles. The minimum Gasteiger partial charge on any atom is -0.325 e. The number of rotatable bonds is 6. The number of hydrogen-bond donors (Lipinski definition) is 1. The molecular formula is C20H22N4OS. The lowest BCUT2D eigenvalue weighted by Crippen LogP contribution is -2.16. The van der Waals surface area contributed by atoms with Crippen LogP contribution in [0.5, 0.6) is 0 Å². The summed E-state index contributed by atoms with van der Waals surface area (Å²) < 4.78 is 2.01. The van der Waals surface area contributed by atoms with Crippen molar-refractivity contribution in [3.63, 3.8) is 0 Å². The first-order valence-electron chi connectivity index (χ1n) is 8.58. The lowest BCUT2D eigenvalue weighted by atomic mass is 10.1. The molecule has 134 valence electrons. The van der Waals surface area contributed by atoms with Crippen molar-refractivity contribution in [1.29, 1.82) is 0 Å². The number of amides is 1. The van der Waals surface area contributed by atoms with E-state index in [4.69, 9.17) is 0 Å². The van der Waals surface area contributed by atoms with E-state index in [1.165, 1.54) is 11.8 Å². The van der Waals surface area contributed by atoms with E-state index in [-0.39, 0.29) is 11.7 Å². The quantitative estimate of drug-likeness (QED) is 0.665. The van der Waals surface area contributed by atoms with Crippen molar-refractivity contribution in [3.8, 4) is 5.69 Å². The van der Waals surface area contributed by atoms with Crippen molar-refractivity contribution in [2.75, 3.05) is 11.1 Å². The van der Waals surface area contributed by atoms with Crippen LogP contribution in [0.2, 0.25) is 0 Å². The van der Waals surface area contributed by atoms with Gasteiger partial charge in [-0.1, -0.05) is 55.1 Å². The van der Waals surface area contributed by atoms with Gasteiger partial charge < -0.3 is 5.32 Å². The number of aryl methyl sites for hydroxylation is 3. The van der Waals surface area contributed by atoms with Gasteiger partial charge in [-0.05, 0) is 37.1 Å². The fraction of sp³-hybridized carbons (Fsp3) is 0.250. The molecule has 3 aromatic rings. The molecule has 1 N–H and O–H groups in total. The van der Waals surface area contributed by atoms with Gasteiger partial charge in [-0.2, -0.15) is 0 Å². The maximum atomic E-state index is 12.4. The SMILES string of the molecule is CCc1nnc(SCC(=O)Nc2c(C)cccc2C)n1-c1ccccc1. The largest absolute Gasteiger partial charge is 0.325 e. The monoisotopic (exact) mass is 366 g/mol. The van der Waals surface area contributed by atoms with E-state index < -0.39 is 0 Å². The number of nitrogens with one attached hydrogen (secondary N) is 1. The molecule has 0 saturated carbocycles. The molecule has 1 amide bonds. The van der Waals surface area contributed by atoms with Crippen LogP contribution in [0.15, 0.2) is 53.7 Å². The number of hydrogen-bond acceptors (Lipinski definition) is 4. The second kappa shape index (κ2) is 8.19. The number of anilines is 1. The van der Waals surface area contributed by atoms with Gasteiger partial charge in [0, 0.05) is 17.8 Å². The molecule has 1 heterocycles. The summed E-state index contributed by atoms with van der Waals surface area (Å²) in [6.07, 6.45) is 0.775. The van der Waals surface area contributed by atoms with Crippen molar-refractivity contribution in [3.05, 3.63) is 65.5 Å². The Morgan fingerprint density at radius 3 is 2.38 bits per heavy atom. The molecule has 0 spiro atoms. The van der Waals surface area contributed by atoms with E-state index in [9.17, 15) is 4.79 Å². The van der Waals surface area contributed by atoms with E-state index in [1.807, 2.05) is 73.9 Å². The van der Waals surface area contributed by atoms with Crippen LogP contribution in [0, 0.1) is 13.8 Å². The van der Waals surface area contributed by atoms with Crippen LogP contribution in [-0.2, 0) is 11.2 Å². The van der Waals surface area contributed by atoms with E-state index in [0.717, 1.165) is 39.9 Å². The van der Waals surface area contributed by atoms with Gasteiger partial charge in [-0.25, -0.2) is 0 Å². The first kappa shape index (κ1) is 18.2. The van der Waals surface area contributed by atoms with Crippen LogP contribution >= 0.6 is 11.8 Å². The summed E-state index contributed by atoms with van der Waals surface area (Å²) in [6.45, 7) is 6.04. The molecule has 0 fully saturated rings. The van der Waals surface area contributed by atoms with Gasteiger partial charge in [0.15, 0.2) is 5.16 Å². The molecular weight excluding hydrogens is 344 g/mol. The Labute approximate surface area is 157 Å². The Balaban J connectivity index is 1.74. The number of thioether (sulfide) groups is 1. The van der Waals surface area contributed by atoms with Crippen molar-refractivity contribution in [1.82, 2.24) is 14.8 Å². The minimum absolute atomic E-state index is 0.0481. The Morgan fingerprint density at radius 1 is 1.04 bits per heavy atom. The molecule has 26 heavy (non-hydrogen) atoms. The summed E-state index contributed by atoms with van der Waals surface area (Å²) in [5, 5.41) is 12.3. The van der Waals surface area contributed by atoms with Crippen molar-refractivity contribution in [2.45, 2.75) is 32.3 Å². The zero-order valence-corrected chi connectivity index (χ0v) is 16.0. The predicted molar refractivity (Wildman–Crippen MR) is 106 cm³/mol. The summed E-state index contributed by atoms with van der Waals surface area (Å²) in [6, 6.07) is 16.0. The summed E-state index contributed by atoms with van der Waals surface area (Å²) in [7, 11) is 0. The second-order valence-corrected chi connectivity index (χ2v) is 6.97. The molecule has 3 rings (SSSR count). The molecule has 0 aliphatic carbocycles. The fourth-order valence-electron chi connectivity index (χ4n) is 2.78. The van der Waals surface area contributed by atoms with Gasteiger partial charge >= 0.3 is 0 Å². The molecule has 0 aliphatic heterocycles. The highest BCUT2D eigenvalue weighted by Gasteiger charge is 2.15. The summed E-state index contributed by atoms with van der Waals surface area (Å²) in [5.74, 6) is 1.12. The van der Waals surface area contributed by atoms with Gasteiger partial charge in [0.05, 0.1) is 5.75 Å². The predicted octanol–water partition coefficient (Wildman–Crippen LogP) is 4.18. The molecule has 6 heteroatoms. The van der Waals surface area contributed by atoms with Crippen molar-refractivity contribution >= 4 is 23.4 Å². The molecule has 5 nitrogen and oxygen atoms in total. The maximum absolute atomic E-state index is 12.4. The summed E-state index contributed by atoms with van der Waals surface area (Å²) in [4.78, 5) is 12.4. The van der Waals surface area contributed by atoms with E-state index in [2.05, 4.69) is 15.5 Å². The maximum Gasteiger partial charge on any atom is 0.234 e. The standard InChI is InChI=1S/C20H22N4OS/c1-4-17-22-23-20(24(17)16-11-6-5-7-12-16)26-13-18(25)21-19-14(2)9-8-10-15(19)3/h5-12H,4,13H2,1-3H3,(H,21,25). The third-order valence-corrected chi connectivity index (χ3v) is 5.04. The Hall–Kier alpha value is -2.60. The van der Waals surface area contributed by atoms with E-state index >= 15 is 0 Å². The molecule has 1 aromatic heterocycles. The van der Waals surface area contributed by atoms with E-state index in [1.54, 1.807) is 0 Å². The Bertz CT molecular complexity index is 885. The smallest absolute Gasteiger partial charge is 0.234 e. The van der Waals surface area contributed by atoms with Crippen LogP contribution in [-0.4, -0.2) is 26.4 Å². The summed E-state index contributed by atoms with van der Waals surface area (Å²) >= 11 is 1.39. The van der Waals surface area contributed by atoms with Crippen LogP contribution < -0.4 is 5.32 Å². The average Bonchev–Trinajstić information content (AvgIpc) is 3.07. The fourth-order valence-corrected chi connectivity index (χ4v) is 3.55. The normalized spacial score (nSPS) is 10.7. The van der Waals surface area contributed by atoms with E-state index in [0.29, 0.717) is 0 Å². The summed E-state index contributed by atoms with van der Waals surface area (Å²) in [5.41, 5.74) is 4.01. The molecule has 0 saturated heterocycles. The molecule has 0 unspecified atom stereocenters.